The van der Waals surface area contributed by atoms with Gasteiger partial charge in [0.2, 0.25) is 5.91 Å². The second kappa shape index (κ2) is 8.20. The highest BCUT2D eigenvalue weighted by Crippen LogP contribution is 2.32. The van der Waals surface area contributed by atoms with E-state index in [1.165, 1.54) is 0 Å². The largest absolute Gasteiger partial charge is 0.356 e. The molecule has 8 heteroatoms. The number of ketones is 1. The van der Waals surface area contributed by atoms with Crippen LogP contribution in [0.3, 0.4) is 0 Å². The van der Waals surface area contributed by atoms with Crippen molar-refractivity contribution >= 4 is 58.6 Å². The van der Waals surface area contributed by atoms with Gasteiger partial charge in [0.1, 0.15) is 4.34 Å². The molecule has 0 radical (unpaired) electrons. The number of carbonyl (C=O) groups is 2. The number of nitrogens with one attached hydrogen (secondary N) is 2. The fourth-order valence-electron chi connectivity index (χ4n) is 1.73. The monoisotopic (exact) mass is 356 g/mol. The highest BCUT2D eigenvalue weighted by atomic mass is 35.5. The van der Waals surface area contributed by atoms with Gasteiger partial charge < -0.3 is 10.6 Å². The van der Waals surface area contributed by atoms with E-state index in [1.54, 1.807) is 6.07 Å². The molecule has 1 aromatic rings. The molecule has 4 nitrogen and oxygen atoms in total. The molecule has 2 N–H and O–H groups in total. The second-order valence-electron chi connectivity index (χ2n) is 4.49. The van der Waals surface area contributed by atoms with E-state index >= 15 is 0 Å². The molecule has 1 aromatic heterocycles. The Kier molecular flexibility index (Phi) is 7.26. The van der Waals surface area contributed by atoms with Crippen molar-refractivity contribution in [2.75, 3.05) is 19.6 Å². The minimum Gasteiger partial charge on any atom is -0.356 e. The van der Waals surface area contributed by atoms with Gasteiger partial charge in [0.15, 0.2) is 5.78 Å². The molecule has 0 aromatic carbocycles. The van der Waals surface area contributed by atoms with Gasteiger partial charge in [-0.15, -0.1) is 23.7 Å². The Labute approximate surface area is 137 Å². The first kappa shape index (κ1) is 17.7. The number of thiophene rings is 1. The van der Waals surface area contributed by atoms with Crippen LogP contribution in [0.15, 0.2) is 6.07 Å². The number of Topliss-reactive ketones (excluding diaryl/α,β-unsaturated/α-hetero) is 1. The summed E-state index contributed by atoms with van der Waals surface area (Å²) in [4.78, 5) is 23.4. The van der Waals surface area contributed by atoms with Crippen LogP contribution in [0.1, 0.15) is 23.2 Å². The third-order valence-electron chi connectivity index (χ3n) is 2.99. The molecular weight excluding hydrogens is 343 g/mol. The van der Waals surface area contributed by atoms with Gasteiger partial charge in [0.25, 0.3) is 0 Å². The molecule has 0 saturated carbocycles. The van der Waals surface area contributed by atoms with Crippen LogP contribution < -0.4 is 10.6 Å². The normalized spacial score (nSPS) is 14.3. The summed E-state index contributed by atoms with van der Waals surface area (Å²) < 4.78 is 0.867. The molecule has 0 atom stereocenters. The molecule has 1 saturated heterocycles. The third-order valence-corrected chi connectivity index (χ3v) is 4.48. The van der Waals surface area contributed by atoms with Crippen LogP contribution in [0.25, 0.3) is 0 Å². The first-order valence-electron chi connectivity index (χ1n) is 6.01. The van der Waals surface area contributed by atoms with Gasteiger partial charge in [0.05, 0.1) is 4.34 Å². The zero-order valence-corrected chi connectivity index (χ0v) is 13.7. The van der Waals surface area contributed by atoms with Crippen molar-refractivity contribution in [2.45, 2.75) is 12.8 Å². The highest BCUT2D eigenvalue weighted by molar-refractivity contribution is 7.20. The van der Waals surface area contributed by atoms with Crippen molar-refractivity contribution in [1.82, 2.24) is 10.6 Å². The summed E-state index contributed by atoms with van der Waals surface area (Å²) in [5.41, 5.74) is 0.410. The van der Waals surface area contributed by atoms with Crippen molar-refractivity contribution in [3.05, 3.63) is 20.3 Å². The lowest BCUT2D eigenvalue weighted by Gasteiger charge is -2.27. The second-order valence-corrected chi connectivity index (χ2v) is 6.77. The number of rotatable bonds is 6. The molecule has 1 amide bonds. The number of hydrogen-bond donors (Lipinski definition) is 2. The Morgan fingerprint density at radius 2 is 2.05 bits per heavy atom. The molecule has 0 bridgehead atoms. The van der Waals surface area contributed by atoms with Crippen LogP contribution in [-0.4, -0.2) is 31.3 Å². The number of amides is 1. The minimum absolute atomic E-state index is 0. The third kappa shape index (κ3) is 4.90. The lowest BCUT2D eigenvalue weighted by Crippen LogP contribution is -2.48. The predicted molar refractivity (Wildman–Crippen MR) is 84.5 cm³/mol. The van der Waals surface area contributed by atoms with Crippen molar-refractivity contribution in [3.63, 3.8) is 0 Å². The maximum absolute atomic E-state index is 11.9. The zero-order valence-electron chi connectivity index (χ0n) is 10.6. The Hall–Kier alpha value is -0.330. The molecule has 1 aliphatic rings. The molecule has 112 valence electrons. The lowest BCUT2D eigenvalue weighted by molar-refractivity contribution is -0.121. The van der Waals surface area contributed by atoms with E-state index in [4.69, 9.17) is 23.2 Å². The van der Waals surface area contributed by atoms with Crippen LogP contribution in [0.2, 0.25) is 8.67 Å². The van der Waals surface area contributed by atoms with Crippen LogP contribution in [-0.2, 0) is 4.79 Å². The molecule has 0 unspecified atom stereocenters. The Morgan fingerprint density at radius 3 is 2.55 bits per heavy atom. The van der Waals surface area contributed by atoms with Crippen LogP contribution >= 0.6 is 46.9 Å². The molecule has 2 rings (SSSR count). The molecule has 1 aliphatic heterocycles. The van der Waals surface area contributed by atoms with Gasteiger partial charge in [-0.3, -0.25) is 9.59 Å². The molecule has 0 aliphatic carbocycles. The first-order valence-corrected chi connectivity index (χ1v) is 7.59. The maximum atomic E-state index is 11.9. The van der Waals surface area contributed by atoms with Crippen molar-refractivity contribution in [3.8, 4) is 0 Å². The Balaban J connectivity index is 0.00000200. The van der Waals surface area contributed by atoms with Gasteiger partial charge in [0, 0.05) is 44.0 Å². The fraction of sp³-hybridized carbons (Fsp3) is 0.500. The van der Waals surface area contributed by atoms with E-state index in [9.17, 15) is 9.59 Å². The average molecular weight is 358 g/mol. The van der Waals surface area contributed by atoms with Crippen LogP contribution in [0.4, 0.5) is 0 Å². The summed E-state index contributed by atoms with van der Waals surface area (Å²) in [6.07, 6.45) is 0.338. The van der Waals surface area contributed by atoms with Gasteiger partial charge in [-0.2, -0.15) is 0 Å². The van der Waals surface area contributed by atoms with Crippen molar-refractivity contribution in [1.29, 1.82) is 0 Å². The van der Waals surface area contributed by atoms with Gasteiger partial charge in [-0.05, 0) is 6.07 Å². The van der Waals surface area contributed by atoms with Gasteiger partial charge in [-0.1, -0.05) is 23.2 Å². The van der Waals surface area contributed by atoms with Crippen molar-refractivity contribution < 1.29 is 9.59 Å². The molecule has 1 fully saturated rings. The summed E-state index contributed by atoms with van der Waals surface area (Å²) in [6, 6.07) is 1.55. The van der Waals surface area contributed by atoms with Gasteiger partial charge >= 0.3 is 0 Å². The predicted octanol–water partition coefficient (Wildman–Crippen LogP) is 2.78. The average Bonchev–Trinajstić information content (AvgIpc) is 2.63. The van der Waals surface area contributed by atoms with E-state index < -0.39 is 0 Å². The SMILES string of the molecule is Cl.O=C(CCC(=O)c1cc(Cl)sc1Cl)NCC1CNC1. The van der Waals surface area contributed by atoms with Crippen LogP contribution in [0.5, 0.6) is 0 Å². The lowest BCUT2D eigenvalue weighted by atomic mass is 10.0. The van der Waals surface area contributed by atoms with E-state index in [-0.39, 0.29) is 36.9 Å². The Morgan fingerprint density at radius 1 is 1.35 bits per heavy atom. The zero-order chi connectivity index (χ0) is 13.8. The summed E-state index contributed by atoms with van der Waals surface area (Å²) in [5, 5.41) is 5.96. The minimum atomic E-state index is -0.145. The van der Waals surface area contributed by atoms with E-state index in [1.807, 2.05) is 0 Å². The van der Waals surface area contributed by atoms with E-state index in [0.717, 1.165) is 24.4 Å². The maximum Gasteiger partial charge on any atom is 0.220 e. The van der Waals surface area contributed by atoms with E-state index in [0.29, 0.717) is 26.7 Å². The van der Waals surface area contributed by atoms with Crippen molar-refractivity contribution in [2.24, 2.45) is 5.92 Å². The summed E-state index contributed by atoms with van der Waals surface area (Å²) >= 11 is 12.8. The highest BCUT2D eigenvalue weighted by Gasteiger charge is 2.18. The number of hydrogen-bond acceptors (Lipinski definition) is 4. The fourth-order valence-corrected chi connectivity index (χ4v) is 3.23. The number of halogens is 3. The summed E-state index contributed by atoms with van der Waals surface area (Å²) in [6.45, 7) is 2.56. The molecular formula is C12H15Cl3N2O2S. The van der Waals surface area contributed by atoms with Gasteiger partial charge in [-0.25, -0.2) is 0 Å². The Bertz CT molecular complexity index is 489. The quantitative estimate of drug-likeness (QED) is 0.770. The topological polar surface area (TPSA) is 58.2 Å². The first-order chi connectivity index (χ1) is 9.06. The standard InChI is InChI=1S/C12H14Cl2N2O2S.ClH/c13-10-3-8(12(14)19-10)9(17)1-2-11(18)16-6-7-4-15-5-7;/h3,7,15H,1-2,4-6H2,(H,16,18);1H. The van der Waals surface area contributed by atoms with E-state index in [2.05, 4.69) is 10.6 Å². The number of carbonyl (C=O) groups excluding carboxylic acids is 2. The molecule has 20 heavy (non-hydrogen) atoms. The smallest absolute Gasteiger partial charge is 0.220 e. The summed E-state index contributed by atoms with van der Waals surface area (Å²) in [7, 11) is 0. The van der Waals surface area contributed by atoms with Crippen LogP contribution in [0, 0.1) is 5.92 Å². The summed E-state index contributed by atoms with van der Waals surface area (Å²) in [5.74, 6) is 0.274. The molecule has 0 spiro atoms. The molecule has 2 heterocycles.